The van der Waals surface area contributed by atoms with Crippen LogP contribution in [0.4, 0.5) is 13.2 Å². The minimum absolute atomic E-state index is 0.0879. The van der Waals surface area contributed by atoms with Gasteiger partial charge < -0.3 is 15.2 Å². The van der Waals surface area contributed by atoms with E-state index in [0.29, 0.717) is 13.2 Å². The Morgan fingerprint density at radius 1 is 1.24 bits per heavy atom. The lowest BCUT2D eigenvalue weighted by molar-refractivity contribution is -0.202. The van der Waals surface area contributed by atoms with E-state index in [1.807, 2.05) is 6.92 Å². The van der Waals surface area contributed by atoms with E-state index in [9.17, 15) is 13.2 Å². The SMILES string of the molecule is C[C@H](NC[C@@H](O)C(F)(F)F)C1(N2CCOCC2)CCCC1. The Labute approximate surface area is 123 Å². The van der Waals surface area contributed by atoms with Gasteiger partial charge in [0.1, 0.15) is 0 Å². The lowest BCUT2D eigenvalue weighted by atomic mass is 9.86. The van der Waals surface area contributed by atoms with Crippen LogP contribution in [0.3, 0.4) is 0 Å². The number of morpholine rings is 1. The van der Waals surface area contributed by atoms with Crippen molar-refractivity contribution < 1.29 is 23.0 Å². The second-order valence-corrected chi connectivity index (χ2v) is 6.10. The first kappa shape index (κ1) is 17.0. The third kappa shape index (κ3) is 3.88. The number of halogens is 3. The molecule has 0 aromatic carbocycles. The molecule has 1 aliphatic heterocycles. The summed E-state index contributed by atoms with van der Waals surface area (Å²) in [6.45, 7) is 4.50. The number of aliphatic hydroxyl groups is 1. The van der Waals surface area contributed by atoms with Crippen molar-refractivity contribution in [2.75, 3.05) is 32.8 Å². The van der Waals surface area contributed by atoms with E-state index in [0.717, 1.165) is 38.8 Å². The monoisotopic (exact) mass is 310 g/mol. The van der Waals surface area contributed by atoms with Crippen LogP contribution in [0, 0.1) is 0 Å². The zero-order chi connectivity index (χ0) is 15.5. The van der Waals surface area contributed by atoms with E-state index < -0.39 is 18.8 Å². The maximum absolute atomic E-state index is 12.4. The van der Waals surface area contributed by atoms with Crippen LogP contribution in [0.2, 0.25) is 0 Å². The summed E-state index contributed by atoms with van der Waals surface area (Å²) in [5, 5.41) is 12.1. The molecule has 21 heavy (non-hydrogen) atoms. The first-order valence-corrected chi connectivity index (χ1v) is 7.67. The first-order valence-electron chi connectivity index (χ1n) is 7.67. The van der Waals surface area contributed by atoms with Crippen molar-refractivity contribution in [3.63, 3.8) is 0 Å². The molecule has 4 nitrogen and oxygen atoms in total. The number of ether oxygens (including phenoxy) is 1. The molecule has 2 rings (SSSR count). The van der Waals surface area contributed by atoms with E-state index >= 15 is 0 Å². The average molecular weight is 310 g/mol. The van der Waals surface area contributed by atoms with Crippen LogP contribution in [0.25, 0.3) is 0 Å². The summed E-state index contributed by atoms with van der Waals surface area (Å²) in [5.41, 5.74) is -0.102. The second kappa shape index (κ2) is 6.81. The predicted octanol–water partition coefficient (Wildman–Crippen LogP) is 1.53. The van der Waals surface area contributed by atoms with Crippen LogP contribution in [0.15, 0.2) is 0 Å². The molecule has 0 radical (unpaired) electrons. The van der Waals surface area contributed by atoms with Gasteiger partial charge in [-0.25, -0.2) is 0 Å². The van der Waals surface area contributed by atoms with Gasteiger partial charge in [-0.2, -0.15) is 13.2 Å². The van der Waals surface area contributed by atoms with Crippen molar-refractivity contribution in [1.82, 2.24) is 10.2 Å². The molecule has 7 heteroatoms. The summed E-state index contributed by atoms with van der Waals surface area (Å²) >= 11 is 0. The number of nitrogens with zero attached hydrogens (tertiary/aromatic N) is 1. The van der Waals surface area contributed by atoms with Crippen molar-refractivity contribution in [2.24, 2.45) is 0 Å². The molecular formula is C14H25F3N2O2. The van der Waals surface area contributed by atoms with Gasteiger partial charge in [-0.1, -0.05) is 12.8 Å². The minimum Gasteiger partial charge on any atom is -0.382 e. The molecule has 124 valence electrons. The van der Waals surface area contributed by atoms with Crippen molar-refractivity contribution in [3.8, 4) is 0 Å². The summed E-state index contributed by atoms with van der Waals surface area (Å²) < 4.78 is 42.6. The average Bonchev–Trinajstić information content (AvgIpc) is 2.95. The summed E-state index contributed by atoms with van der Waals surface area (Å²) in [5.74, 6) is 0. The lowest BCUT2D eigenvalue weighted by Gasteiger charge is -2.47. The smallest absolute Gasteiger partial charge is 0.382 e. The largest absolute Gasteiger partial charge is 0.415 e. The molecular weight excluding hydrogens is 285 g/mol. The minimum atomic E-state index is -4.56. The van der Waals surface area contributed by atoms with Gasteiger partial charge in [-0.05, 0) is 19.8 Å². The van der Waals surface area contributed by atoms with E-state index in [1.165, 1.54) is 0 Å². The topological polar surface area (TPSA) is 44.7 Å². The molecule has 1 heterocycles. The van der Waals surface area contributed by atoms with Crippen LogP contribution >= 0.6 is 0 Å². The second-order valence-electron chi connectivity index (χ2n) is 6.10. The van der Waals surface area contributed by atoms with Crippen molar-refractivity contribution >= 4 is 0 Å². The van der Waals surface area contributed by atoms with Gasteiger partial charge in [-0.15, -0.1) is 0 Å². The molecule has 0 amide bonds. The van der Waals surface area contributed by atoms with Crippen molar-refractivity contribution in [1.29, 1.82) is 0 Å². The van der Waals surface area contributed by atoms with Crippen LogP contribution in [-0.2, 0) is 4.74 Å². The molecule has 0 aromatic rings. The number of hydrogen-bond donors (Lipinski definition) is 2. The fraction of sp³-hybridized carbons (Fsp3) is 1.00. The highest BCUT2D eigenvalue weighted by Gasteiger charge is 2.45. The molecule has 2 aliphatic rings. The number of hydrogen-bond acceptors (Lipinski definition) is 4. The first-order chi connectivity index (χ1) is 9.86. The van der Waals surface area contributed by atoms with Gasteiger partial charge in [0.15, 0.2) is 6.10 Å². The third-order valence-corrected chi connectivity index (χ3v) is 4.91. The molecule has 1 aliphatic carbocycles. The number of alkyl halides is 3. The molecule has 2 N–H and O–H groups in total. The van der Waals surface area contributed by atoms with Crippen LogP contribution in [0.5, 0.6) is 0 Å². The highest BCUT2D eigenvalue weighted by atomic mass is 19.4. The van der Waals surface area contributed by atoms with Crippen LogP contribution in [0.1, 0.15) is 32.6 Å². The zero-order valence-corrected chi connectivity index (χ0v) is 12.5. The van der Waals surface area contributed by atoms with Crippen molar-refractivity contribution in [2.45, 2.75) is 56.5 Å². The molecule has 1 saturated carbocycles. The van der Waals surface area contributed by atoms with Crippen molar-refractivity contribution in [3.05, 3.63) is 0 Å². The number of aliphatic hydroxyl groups excluding tert-OH is 1. The lowest BCUT2D eigenvalue weighted by Crippen LogP contribution is -2.62. The quantitative estimate of drug-likeness (QED) is 0.808. The standard InChI is InChI=1S/C14H25F3N2O2/c1-11(18-10-12(20)14(15,16)17)13(4-2-3-5-13)19-6-8-21-9-7-19/h11-12,18,20H,2-10H2,1H3/t11-,12+/m0/s1. The highest BCUT2D eigenvalue weighted by molar-refractivity contribution is 5.02. The Morgan fingerprint density at radius 2 is 1.81 bits per heavy atom. The van der Waals surface area contributed by atoms with Gasteiger partial charge in [0.25, 0.3) is 0 Å². The predicted molar refractivity (Wildman–Crippen MR) is 73.1 cm³/mol. The maximum atomic E-state index is 12.4. The van der Waals surface area contributed by atoms with Gasteiger partial charge in [-0.3, -0.25) is 4.90 Å². The van der Waals surface area contributed by atoms with E-state index in [2.05, 4.69) is 10.2 Å². The zero-order valence-electron chi connectivity index (χ0n) is 12.5. The van der Waals surface area contributed by atoms with Gasteiger partial charge in [0.05, 0.1) is 13.2 Å². The normalized spacial score (nSPS) is 26.7. The molecule has 2 atom stereocenters. The molecule has 0 unspecified atom stereocenters. The molecule has 0 bridgehead atoms. The van der Waals surface area contributed by atoms with E-state index in [4.69, 9.17) is 9.84 Å². The van der Waals surface area contributed by atoms with Gasteiger partial charge in [0.2, 0.25) is 0 Å². The Bertz CT molecular complexity index is 327. The van der Waals surface area contributed by atoms with Gasteiger partial charge >= 0.3 is 6.18 Å². The summed E-state index contributed by atoms with van der Waals surface area (Å²) in [4.78, 5) is 2.36. The summed E-state index contributed by atoms with van der Waals surface area (Å²) in [6, 6.07) is -0.0879. The molecule has 0 spiro atoms. The van der Waals surface area contributed by atoms with Gasteiger partial charge in [0, 0.05) is 31.2 Å². The fourth-order valence-electron chi connectivity index (χ4n) is 3.61. The fourth-order valence-corrected chi connectivity index (χ4v) is 3.61. The number of rotatable bonds is 5. The Morgan fingerprint density at radius 3 is 2.33 bits per heavy atom. The summed E-state index contributed by atoms with van der Waals surface area (Å²) in [6.07, 6.45) is -2.68. The highest BCUT2D eigenvalue weighted by Crippen LogP contribution is 2.38. The molecule has 2 fully saturated rings. The molecule has 1 saturated heterocycles. The summed E-state index contributed by atoms with van der Waals surface area (Å²) in [7, 11) is 0. The molecule has 0 aromatic heterocycles. The number of nitrogens with one attached hydrogen (secondary N) is 1. The van der Waals surface area contributed by atoms with E-state index in [1.54, 1.807) is 0 Å². The maximum Gasteiger partial charge on any atom is 0.415 e. The Balaban J connectivity index is 1.97. The third-order valence-electron chi connectivity index (χ3n) is 4.91. The van der Waals surface area contributed by atoms with Crippen LogP contribution in [-0.4, -0.2) is 66.7 Å². The Hall–Kier alpha value is -0.370. The van der Waals surface area contributed by atoms with E-state index in [-0.39, 0.29) is 11.6 Å². The van der Waals surface area contributed by atoms with Crippen LogP contribution < -0.4 is 5.32 Å². The Kier molecular flexibility index (Phi) is 5.51.